The lowest BCUT2D eigenvalue weighted by Gasteiger charge is -2.32. The van der Waals surface area contributed by atoms with Crippen LogP contribution < -0.4 is 10.2 Å². The van der Waals surface area contributed by atoms with E-state index in [2.05, 4.69) is 21.6 Å². The van der Waals surface area contributed by atoms with E-state index in [9.17, 15) is 31.6 Å². The maximum atomic E-state index is 14.4. The maximum Gasteiger partial charge on any atom is 0.417 e. The highest BCUT2D eigenvalue weighted by molar-refractivity contribution is 7.92. The van der Waals surface area contributed by atoms with Crippen LogP contribution in [0.15, 0.2) is 41.4 Å². The summed E-state index contributed by atoms with van der Waals surface area (Å²) in [5.41, 5.74) is -0.993. The minimum Gasteiger partial charge on any atom is -0.343 e. The summed E-state index contributed by atoms with van der Waals surface area (Å²) in [4.78, 5) is 14.4. The van der Waals surface area contributed by atoms with Crippen molar-refractivity contribution in [2.75, 3.05) is 11.4 Å². The zero-order valence-electron chi connectivity index (χ0n) is 23.1. The molecule has 2 aliphatic carbocycles. The van der Waals surface area contributed by atoms with E-state index in [-0.39, 0.29) is 24.6 Å². The van der Waals surface area contributed by atoms with Crippen molar-refractivity contribution in [3.05, 3.63) is 47.8 Å². The molecule has 2 saturated carbocycles. The molecule has 3 aromatic rings. The van der Waals surface area contributed by atoms with Crippen molar-refractivity contribution in [3.63, 3.8) is 0 Å². The molecule has 1 aliphatic heterocycles. The fourth-order valence-electron chi connectivity index (χ4n) is 5.85. The summed E-state index contributed by atoms with van der Waals surface area (Å²) >= 11 is 0. The van der Waals surface area contributed by atoms with Gasteiger partial charge in [-0.15, -0.1) is 0 Å². The van der Waals surface area contributed by atoms with Gasteiger partial charge in [-0.3, -0.25) is 9.48 Å². The molecule has 2 unspecified atom stereocenters. The zero-order valence-corrected chi connectivity index (χ0v) is 23.9. The first kappa shape index (κ1) is 28.3. The number of sulfone groups is 1. The number of rotatable bonds is 7. The van der Waals surface area contributed by atoms with Crippen LogP contribution in [0.1, 0.15) is 55.8 Å². The third-order valence-corrected chi connectivity index (χ3v) is 10.8. The number of hydrogen-bond donors (Lipinski definition) is 1. The van der Waals surface area contributed by atoms with Crippen molar-refractivity contribution >= 4 is 21.6 Å². The number of carbonyl (C=O) groups excluding carboxylic acids is 1. The van der Waals surface area contributed by atoms with Crippen LogP contribution in [0.5, 0.6) is 0 Å². The van der Waals surface area contributed by atoms with Crippen LogP contribution >= 0.6 is 0 Å². The molecular weight excluding hydrogens is 571 g/mol. The summed E-state index contributed by atoms with van der Waals surface area (Å²) in [6.45, 7) is 1.60. The first-order valence-corrected chi connectivity index (χ1v) is 15.4. The van der Waals surface area contributed by atoms with Crippen LogP contribution in [0.25, 0.3) is 11.3 Å². The highest BCUT2D eigenvalue weighted by Crippen LogP contribution is 2.42. The van der Waals surface area contributed by atoms with Gasteiger partial charge in [0.05, 0.1) is 39.2 Å². The van der Waals surface area contributed by atoms with Gasteiger partial charge < -0.3 is 10.2 Å². The summed E-state index contributed by atoms with van der Waals surface area (Å²) in [6.07, 6.45) is 0.0272. The standard InChI is InChI=1S/C28H30F3N7O3S/c1-17-12-25(38(35-17)19-4-3-5-19)37-15-20(14-23(37)26(39)34-27(16-32)9-10-27)42(40,41)24-7-6-18(13-21(24)28(29,30)31)22-8-11-33-36(22)2/h6-8,11-13,19-20,23H,3-5,9-10,14-15H2,1-2H3,(H,34,39). The van der Waals surface area contributed by atoms with Crippen LogP contribution in [-0.4, -0.2) is 57.3 Å². The monoisotopic (exact) mass is 601 g/mol. The molecular formula is C28H30F3N7O3S. The summed E-state index contributed by atoms with van der Waals surface area (Å²) < 4.78 is 74.3. The number of nitriles is 1. The fourth-order valence-corrected chi connectivity index (χ4v) is 7.74. The summed E-state index contributed by atoms with van der Waals surface area (Å²) in [7, 11) is -2.98. The molecule has 3 aliphatic rings. The van der Waals surface area contributed by atoms with E-state index in [1.165, 1.54) is 16.9 Å². The summed E-state index contributed by atoms with van der Waals surface area (Å²) in [5, 5.41) is 19.6. The molecule has 222 valence electrons. The van der Waals surface area contributed by atoms with Gasteiger partial charge in [0.1, 0.15) is 17.4 Å². The number of anilines is 1. The molecule has 0 spiro atoms. The molecule has 10 nitrogen and oxygen atoms in total. The summed E-state index contributed by atoms with van der Waals surface area (Å²) in [5.74, 6) is 0.0350. The Hall–Kier alpha value is -3.86. The van der Waals surface area contributed by atoms with Gasteiger partial charge in [0.2, 0.25) is 5.91 Å². The number of aryl methyl sites for hydroxylation is 2. The van der Waals surface area contributed by atoms with Crippen molar-refractivity contribution in [1.82, 2.24) is 24.9 Å². The molecule has 3 fully saturated rings. The van der Waals surface area contributed by atoms with Crippen LogP contribution in [0.4, 0.5) is 19.0 Å². The van der Waals surface area contributed by atoms with Crippen molar-refractivity contribution in [2.45, 2.75) is 79.4 Å². The van der Waals surface area contributed by atoms with E-state index in [0.717, 1.165) is 31.4 Å². The zero-order chi connectivity index (χ0) is 30.0. The number of benzene rings is 1. The molecule has 14 heteroatoms. The minimum absolute atomic E-state index is 0.0957. The Balaban J connectivity index is 1.39. The molecule has 6 rings (SSSR count). The van der Waals surface area contributed by atoms with Gasteiger partial charge in [-0.25, -0.2) is 13.1 Å². The lowest BCUT2D eigenvalue weighted by molar-refractivity contribution is -0.139. The van der Waals surface area contributed by atoms with E-state index in [4.69, 9.17) is 0 Å². The first-order chi connectivity index (χ1) is 19.8. The molecule has 3 heterocycles. The third kappa shape index (κ3) is 4.83. The Labute approximate surface area is 241 Å². The number of amides is 1. The number of aromatic nitrogens is 4. The SMILES string of the molecule is Cc1cc(N2CC(S(=O)(=O)c3ccc(-c4ccnn4C)cc3C(F)(F)F)CC2C(=O)NC2(C#N)CC2)n(C2CCC2)n1. The number of carbonyl (C=O) groups is 1. The van der Waals surface area contributed by atoms with E-state index in [0.29, 0.717) is 30.0 Å². The largest absolute Gasteiger partial charge is 0.417 e. The van der Waals surface area contributed by atoms with Gasteiger partial charge in [-0.1, -0.05) is 6.07 Å². The molecule has 2 atom stereocenters. The smallest absolute Gasteiger partial charge is 0.343 e. The Morgan fingerprint density at radius 1 is 1.19 bits per heavy atom. The lowest BCUT2D eigenvalue weighted by atomic mass is 9.93. The van der Waals surface area contributed by atoms with Crippen molar-refractivity contribution < 1.29 is 26.4 Å². The van der Waals surface area contributed by atoms with Gasteiger partial charge in [-0.2, -0.15) is 28.6 Å². The normalized spacial score (nSPS) is 22.0. The van der Waals surface area contributed by atoms with Crippen molar-refractivity contribution in [2.24, 2.45) is 7.05 Å². The van der Waals surface area contributed by atoms with E-state index < -0.39 is 49.2 Å². The van der Waals surface area contributed by atoms with Crippen molar-refractivity contribution in [1.29, 1.82) is 5.26 Å². The molecule has 0 radical (unpaired) electrons. The minimum atomic E-state index is -4.95. The van der Waals surface area contributed by atoms with E-state index in [1.54, 1.807) is 35.7 Å². The second-order valence-corrected chi connectivity index (χ2v) is 13.7. The number of alkyl halides is 3. The Kier molecular flexibility index (Phi) is 6.64. The molecule has 0 bridgehead atoms. The predicted octanol–water partition coefficient (Wildman–Crippen LogP) is 3.93. The van der Waals surface area contributed by atoms with Crippen LogP contribution in [0.3, 0.4) is 0 Å². The van der Waals surface area contributed by atoms with Crippen molar-refractivity contribution in [3.8, 4) is 17.3 Å². The van der Waals surface area contributed by atoms with Gasteiger partial charge in [0.15, 0.2) is 9.84 Å². The number of nitrogens with one attached hydrogen (secondary N) is 1. The Morgan fingerprint density at radius 3 is 2.50 bits per heavy atom. The average molecular weight is 602 g/mol. The third-order valence-electron chi connectivity index (χ3n) is 8.59. The van der Waals surface area contributed by atoms with Crippen LogP contribution in [0.2, 0.25) is 0 Å². The van der Waals surface area contributed by atoms with Gasteiger partial charge in [0.25, 0.3) is 0 Å². The second-order valence-electron chi connectivity index (χ2n) is 11.5. The van der Waals surface area contributed by atoms with E-state index in [1.807, 2.05) is 0 Å². The first-order valence-electron chi connectivity index (χ1n) is 13.8. The lowest BCUT2D eigenvalue weighted by Crippen LogP contribution is -2.48. The molecule has 1 saturated heterocycles. The maximum absolute atomic E-state index is 14.4. The van der Waals surface area contributed by atoms with Crippen LogP contribution in [-0.2, 0) is 27.9 Å². The number of hydrogen-bond acceptors (Lipinski definition) is 7. The molecule has 42 heavy (non-hydrogen) atoms. The molecule has 1 aromatic carbocycles. The Bertz CT molecular complexity index is 1700. The average Bonchev–Trinajstić information content (AvgIpc) is 3.19. The highest BCUT2D eigenvalue weighted by atomic mass is 32.2. The van der Waals surface area contributed by atoms with Gasteiger partial charge in [0, 0.05) is 31.4 Å². The van der Waals surface area contributed by atoms with Gasteiger partial charge >= 0.3 is 6.18 Å². The number of nitrogens with zero attached hydrogens (tertiary/aromatic N) is 6. The highest BCUT2D eigenvalue weighted by Gasteiger charge is 2.51. The van der Waals surface area contributed by atoms with E-state index >= 15 is 0 Å². The quantitative estimate of drug-likeness (QED) is 0.435. The molecule has 1 amide bonds. The molecule has 2 aromatic heterocycles. The summed E-state index contributed by atoms with van der Waals surface area (Å²) in [6, 6.07) is 7.69. The predicted molar refractivity (Wildman–Crippen MR) is 146 cm³/mol. The Morgan fingerprint density at radius 2 is 1.93 bits per heavy atom. The topological polar surface area (TPSA) is 126 Å². The number of halogens is 3. The van der Waals surface area contributed by atoms with Crippen LogP contribution in [0, 0.1) is 18.3 Å². The molecule has 1 N–H and O–H groups in total. The second kappa shape index (κ2) is 9.86. The van der Waals surface area contributed by atoms with Gasteiger partial charge in [-0.05, 0) is 63.6 Å². The fraction of sp³-hybridized carbons (Fsp3) is 0.500.